The van der Waals surface area contributed by atoms with Crippen molar-refractivity contribution in [2.45, 2.75) is 33.7 Å². The number of aromatic amines is 1. The summed E-state index contributed by atoms with van der Waals surface area (Å²) in [6.45, 7) is 6.68. The van der Waals surface area contributed by atoms with E-state index in [1.807, 2.05) is 29.9 Å². The van der Waals surface area contributed by atoms with E-state index in [9.17, 15) is 0 Å². The van der Waals surface area contributed by atoms with E-state index < -0.39 is 0 Å². The lowest BCUT2D eigenvalue weighted by molar-refractivity contribution is 0.387. The third-order valence-corrected chi connectivity index (χ3v) is 4.42. The molecule has 6 nitrogen and oxygen atoms in total. The number of aromatic nitrogens is 5. The van der Waals surface area contributed by atoms with Crippen molar-refractivity contribution < 1.29 is 4.52 Å². The molecule has 0 amide bonds. The van der Waals surface area contributed by atoms with Crippen LogP contribution in [0.1, 0.15) is 34.0 Å². The maximum absolute atomic E-state index is 5.14. The molecule has 0 spiro atoms. The van der Waals surface area contributed by atoms with Gasteiger partial charge in [0.05, 0.1) is 12.2 Å². The van der Waals surface area contributed by atoms with Crippen LogP contribution in [0.5, 0.6) is 0 Å². The van der Waals surface area contributed by atoms with Gasteiger partial charge in [0.15, 0.2) is 0 Å². The summed E-state index contributed by atoms with van der Waals surface area (Å²) in [6, 6.07) is 6.01. The first-order valence-electron chi connectivity index (χ1n) is 7.98. The molecule has 0 saturated heterocycles. The van der Waals surface area contributed by atoms with Gasteiger partial charge in [-0.3, -0.25) is 4.68 Å². The van der Waals surface area contributed by atoms with E-state index in [4.69, 9.17) is 4.52 Å². The predicted molar refractivity (Wildman–Crippen MR) is 90.9 cm³/mol. The summed E-state index contributed by atoms with van der Waals surface area (Å²) in [5.41, 5.74) is 6.51. The van der Waals surface area contributed by atoms with Gasteiger partial charge in [0, 0.05) is 41.5 Å². The molecule has 0 aliphatic carbocycles. The number of H-pyrrole nitrogens is 1. The van der Waals surface area contributed by atoms with Crippen LogP contribution in [0.25, 0.3) is 11.0 Å². The number of aryl methyl sites for hydroxylation is 2. The second-order valence-corrected chi connectivity index (χ2v) is 6.13. The van der Waals surface area contributed by atoms with Crippen molar-refractivity contribution in [3.63, 3.8) is 0 Å². The molecule has 122 valence electrons. The van der Waals surface area contributed by atoms with Gasteiger partial charge in [0.2, 0.25) is 0 Å². The Labute approximate surface area is 139 Å². The van der Waals surface area contributed by atoms with Crippen LogP contribution < -0.4 is 0 Å². The van der Waals surface area contributed by atoms with Crippen LogP contribution in [0.3, 0.4) is 0 Å². The molecule has 24 heavy (non-hydrogen) atoms. The standard InChI is InChI=1S/C18H19N5O/c1-11-7-15(22-24-11)10-23-13(3)17(12(2)21-23)8-14-9-20-18-16(14)5-4-6-19-18/h4-7,9H,8,10H2,1-3H3,(H,19,20). The van der Waals surface area contributed by atoms with E-state index in [1.165, 1.54) is 11.1 Å². The Kier molecular flexibility index (Phi) is 3.45. The Hall–Kier alpha value is -2.89. The Bertz CT molecular complexity index is 1010. The van der Waals surface area contributed by atoms with Crippen LogP contribution in [0, 0.1) is 20.8 Å². The average molecular weight is 321 g/mol. The van der Waals surface area contributed by atoms with Gasteiger partial charge in [-0.1, -0.05) is 5.16 Å². The molecule has 4 heterocycles. The van der Waals surface area contributed by atoms with Crippen molar-refractivity contribution in [1.29, 1.82) is 0 Å². The molecule has 4 aromatic heterocycles. The zero-order chi connectivity index (χ0) is 16.7. The SMILES string of the molecule is Cc1cc(Cn2nc(C)c(Cc3c[nH]c4ncccc34)c2C)no1. The van der Waals surface area contributed by atoms with Gasteiger partial charge in [0.25, 0.3) is 0 Å². The van der Waals surface area contributed by atoms with Crippen molar-refractivity contribution >= 4 is 11.0 Å². The minimum Gasteiger partial charge on any atom is -0.361 e. The number of nitrogens with one attached hydrogen (secondary N) is 1. The van der Waals surface area contributed by atoms with Crippen molar-refractivity contribution in [3.8, 4) is 0 Å². The maximum atomic E-state index is 5.14. The van der Waals surface area contributed by atoms with Crippen LogP contribution in [0.2, 0.25) is 0 Å². The van der Waals surface area contributed by atoms with E-state index in [1.54, 1.807) is 6.20 Å². The molecule has 4 rings (SSSR count). The van der Waals surface area contributed by atoms with E-state index in [0.29, 0.717) is 6.54 Å². The third-order valence-electron chi connectivity index (χ3n) is 4.42. The molecule has 1 N–H and O–H groups in total. The van der Waals surface area contributed by atoms with E-state index in [-0.39, 0.29) is 0 Å². The topological polar surface area (TPSA) is 72.5 Å². The first kappa shape index (κ1) is 14.7. The summed E-state index contributed by atoms with van der Waals surface area (Å²) in [4.78, 5) is 7.59. The number of hydrogen-bond donors (Lipinski definition) is 1. The summed E-state index contributed by atoms with van der Waals surface area (Å²) in [5.74, 6) is 0.818. The fraction of sp³-hybridized carbons (Fsp3) is 0.278. The lowest BCUT2D eigenvalue weighted by Gasteiger charge is -2.03. The Morgan fingerprint density at radius 3 is 2.92 bits per heavy atom. The number of fused-ring (bicyclic) bond motifs is 1. The van der Waals surface area contributed by atoms with E-state index in [2.05, 4.69) is 40.1 Å². The van der Waals surface area contributed by atoms with Crippen LogP contribution in [0.4, 0.5) is 0 Å². The van der Waals surface area contributed by atoms with Crippen LogP contribution in [0.15, 0.2) is 35.1 Å². The fourth-order valence-electron chi connectivity index (χ4n) is 3.14. The zero-order valence-electron chi connectivity index (χ0n) is 14.0. The van der Waals surface area contributed by atoms with Gasteiger partial charge in [-0.05, 0) is 38.5 Å². The zero-order valence-corrected chi connectivity index (χ0v) is 14.0. The van der Waals surface area contributed by atoms with E-state index in [0.717, 1.165) is 40.3 Å². The fourth-order valence-corrected chi connectivity index (χ4v) is 3.14. The van der Waals surface area contributed by atoms with Gasteiger partial charge >= 0.3 is 0 Å². The Balaban J connectivity index is 1.66. The van der Waals surface area contributed by atoms with Gasteiger partial charge in [0.1, 0.15) is 17.1 Å². The summed E-state index contributed by atoms with van der Waals surface area (Å²) >= 11 is 0. The first-order valence-corrected chi connectivity index (χ1v) is 7.98. The smallest absolute Gasteiger partial charge is 0.137 e. The molecule has 0 radical (unpaired) electrons. The van der Waals surface area contributed by atoms with Gasteiger partial charge in [-0.25, -0.2) is 4.98 Å². The van der Waals surface area contributed by atoms with Gasteiger partial charge in [-0.15, -0.1) is 0 Å². The Morgan fingerprint density at radius 1 is 1.25 bits per heavy atom. The molecular weight excluding hydrogens is 302 g/mol. The lowest BCUT2D eigenvalue weighted by Crippen LogP contribution is -2.04. The highest BCUT2D eigenvalue weighted by molar-refractivity contribution is 5.79. The molecule has 0 bridgehead atoms. The van der Waals surface area contributed by atoms with Crippen LogP contribution in [-0.4, -0.2) is 24.9 Å². The minimum absolute atomic E-state index is 0.624. The summed E-state index contributed by atoms with van der Waals surface area (Å²) in [7, 11) is 0. The quantitative estimate of drug-likeness (QED) is 0.626. The molecule has 0 atom stereocenters. The van der Waals surface area contributed by atoms with Crippen molar-refractivity contribution in [3.05, 3.63) is 64.6 Å². The molecular formula is C18H19N5O. The molecule has 0 aliphatic rings. The summed E-state index contributed by atoms with van der Waals surface area (Å²) in [6.07, 6.45) is 4.67. The Morgan fingerprint density at radius 2 is 2.12 bits per heavy atom. The normalized spacial score (nSPS) is 11.5. The number of rotatable bonds is 4. The highest BCUT2D eigenvalue weighted by atomic mass is 16.5. The second kappa shape index (κ2) is 5.63. The second-order valence-electron chi connectivity index (χ2n) is 6.13. The largest absolute Gasteiger partial charge is 0.361 e. The summed E-state index contributed by atoms with van der Waals surface area (Å²) < 4.78 is 7.14. The molecule has 0 unspecified atom stereocenters. The van der Waals surface area contributed by atoms with Crippen LogP contribution >= 0.6 is 0 Å². The van der Waals surface area contributed by atoms with Crippen molar-refractivity contribution in [1.82, 2.24) is 24.9 Å². The third kappa shape index (κ3) is 2.50. The minimum atomic E-state index is 0.624. The molecule has 0 aromatic carbocycles. The molecule has 6 heteroatoms. The summed E-state index contributed by atoms with van der Waals surface area (Å²) in [5, 5.41) is 9.91. The maximum Gasteiger partial charge on any atom is 0.137 e. The van der Waals surface area contributed by atoms with Gasteiger partial charge < -0.3 is 9.51 Å². The highest BCUT2D eigenvalue weighted by Crippen LogP contribution is 2.23. The van der Waals surface area contributed by atoms with Crippen molar-refractivity contribution in [2.75, 3.05) is 0 Å². The van der Waals surface area contributed by atoms with E-state index >= 15 is 0 Å². The number of pyridine rings is 1. The molecule has 4 aromatic rings. The molecule has 0 fully saturated rings. The average Bonchev–Trinajstić information content (AvgIpc) is 3.23. The monoisotopic (exact) mass is 321 g/mol. The molecule has 0 aliphatic heterocycles. The predicted octanol–water partition coefficient (Wildman–Crippen LogP) is 3.31. The number of nitrogens with zero attached hydrogens (tertiary/aromatic N) is 4. The van der Waals surface area contributed by atoms with Crippen LogP contribution in [-0.2, 0) is 13.0 Å². The number of hydrogen-bond acceptors (Lipinski definition) is 4. The lowest BCUT2D eigenvalue weighted by atomic mass is 10.0. The highest BCUT2D eigenvalue weighted by Gasteiger charge is 2.15. The first-order chi connectivity index (χ1) is 11.6. The van der Waals surface area contributed by atoms with Gasteiger partial charge in [-0.2, -0.15) is 5.10 Å². The van der Waals surface area contributed by atoms with Crippen molar-refractivity contribution in [2.24, 2.45) is 0 Å². The molecule has 0 saturated carbocycles.